The number of hydrogen-bond donors (Lipinski definition) is 1. The van der Waals surface area contributed by atoms with Crippen LogP contribution in [0.2, 0.25) is 0 Å². The van der Waals surface area contributed by atoms with Gasteiger partial charge < -0.3 is 14.5 Å². The number of nitrogens with zero attached hydrogens (tertiary/aromatic N) is 4. The molecule has 4 heterocycles. The SMILES string of the molecule is CC(C)(C)OC(=O)N1CC[C@@H](c2cc(-c3ccnc(N4CCc5ccccc5C4)c3)n[nH]2)C1. The first kappa shape index (κ1) is 21.5. The molecule has 7 nitrogen and oxygen atoms in total. The second-order valence-electron chi connectivity index (χ2n) is 9.96. The minimum atomic E-state index is -0.480. The van der Waals surface area contributed by atoms with Crippen molar-refractivity contribution in [3.05, 3.63) is 65.5 Å². The maximum Gasteiger partial charge on any atom is 0.410 e. The Bertz CT molecular complexity index is 1150. The summed E-state index contributed by atoms with van der Waals surface area (Å²) in [6.07, 6.45) is 3.55. The van der Waals surface area contributed by atoms with E-state index in [1.807, 2.05) is 33.0 Å². The zero-order valence-corrected chi connectivity index (χ0v) is 19.5. The van der Waals surface area contributed by atoms with Crippen molar-refractivity contribution in [2.75, 3.05) is 24.5 Å². The van der Waals surface area contributed by atoms with Crippen molar-refractivity contribution in [3.8, 4) is 11.3 Å². The van der Waals surface area contributed by atoms with Gasteiger partial charge >= 0.3 is 6.09 Å². The maximum atomic E-state index is 12.4. The number of ether oxygens (including phenoxy) is 1. The smallest absolute Gasteiger partial charge is 0.410 e. The highest BCUT2D eigenvalue weighted by atomic mass is 16.6. The summed E-state index contributed by atoms with van der Waals surface area (Å²) >= 11 is 0. The van der Waals surface area contributed by atoms with E-state index >= 15 is 0 Å². The number of carbonyl (C=O) groups excluding carboxylic acids is 1. The van der Waals surface area contributed by atoms with Gasteiger partial charge in [0.2, 0.25) is 0 Å². The van der Waals surface area contributed by atoms with E-state index in [4.69, 9.17) is 4.74 Å². The van der Waals surface area contributed by atoms with E-state index in [1.165, 1.54) is 11.1 Å². The van der Waals surface area contributed by atoms with Crippen molar-refractivity contribution in [1.29, 1.82) is 0 Å². The Morgan fingerprint density at radius 3 is 2.76 bits per heavy atom. The summed E-state index contributed by atoms with van der Waals surface area (Å²) in [7, 11) is 0. The Hall–Kier alpha value is -3.35. The van der Waals surface area contributed by atoms with E-state index in [0.29, 0.717) is 13.1 Å². The van der Waals surface area contributed by atoms with Crippen LogP contribution in [0.25, 0.3) is 11.3 Å². The Balaban J connectivity index is 1.28. The van der Waals surface area contributed by atoms with Crippen LogP contribution in [0.5, 0.6) is 0 Å². The zero-order chi connectivity index (χ0) is 23.0. The molecule has 5 rings (SSSR count). The van der Waals surface area contributed by atoms with Crippen molar-refractivity contribution >= 4 is 11.9 Å². The van der Waals surface area contributed by atoms with Crippen molar-refractivity contribution in [1.82, 2.24) is 20.1 Å². The van der Waals surface area contributed by atoms with Crippen LogP contribution in [0.1, 0.15) is 49.9 Å². The number of hydrogen-bond acceptors (Lipinski definition) is 5. The van der Waals surface area contributed by atoms with Crippen LogP contribution in [-0.4, -0.2) is 51.4 Å². The van der Waals surface area contributed by atoms with Crippen molar-refractivity contribution < 1.29 is 9.53 Å². The van der Waals surface area contributed by atoms with Crippen LogP contribution in [-0.2, 0) is 17.7 Å². The minimum Gasteiger partial charge on any atom is -0.444 e. The molecule has 1 atom stereocenters. The molecule has 2 aromatic heterocycles. The van der Waals surface area contributed by atoms with Gasteiger partial charge in [0.25, 0.3) is 0 Å². The monoisotopic (exact) mass is 445 g/mol. The number of amides is 1. The van der Waals surface area contributed by atoms with Gasteiger partial charge in [0.15, 0.2) is 0 Å². The van der Waals surface area contributed by atoms with Gasteiger partial charge in [-0.25, -0.2) is 9.78 Å². The predicted molar refractivity (Wildman–Crippen MR) is 128 cm³/mol. The molecule has 7 heteroatoms. The number of likely N-dealkylation sites (tertiary alicyclic amines) is 1. The lowest BCUT2D eigenvalue weighted by molar-refractivity contribution is 0.0292. The molecule has 2 aliphatic heterocycles. The molecular weight excluding hydrogens is 414 g/mol. The fourth-order valence-electron chi connectivity index (χ4n) is 4.64. The van der Waals surface area contributed by atoms with E-state index in [1.54, 1.807) is 4.90 Å². The van der Waals surface area contributed by atoms with Gasteiger partial charge in [-0.2, -0.15) is 5.10 Å². The first-order chi connectivity index (χ1) is 15.9. The lowest BCUT2D eigenvalue weighted by atomic mass is 10.00. The molecule has 1 saturated heterocycles. The summed E-state index contributed by atoms with van der Waals surface area (Å²) in [4.78, 5) is 21.1. The molecule has 1 N–H and O–H groups in total. The van der Waals surface area contributed by atoms with E-state index in [9.17, 15) is 4.79 Å². The van der Waals surface area contributed by atoms with E-state index in [-0.39, 0.29) is 12.0 Å². The van der Waals surface area contributed by atoms with E-state index in [2.05, 4.69) is 56.5 Å². The molecule has 1 amide bonds. The van der Waals surface area contributed by atoms with Crippen molar-refractivity contribution in [3.63, 3.8) is 0 Å². The first-order valence-corrected chi connectivity index (χ1v) is 11.7. The summed E-state index contributed by atoms with van der Waals surface area (Å²) in [6, 6.07) is 14.9. The van der Waals surface area contributed by atoms with Crippen LogP contribution < -0.4 is 4.90 Å². The Kier molecular flexibility index (Phi) is 5.56. The largest absolute Gasteiger partial charge is 0.444 e. The maximum absolute atomic E-state index is 12.4. The summed E-state index contributed by atoms with van der Waals surface area (Å²) in [5.41, 5.74) is 5.32. The van der Waals surface area contributed by atoms with Gasteiger partial charge in [-0.1, -0.05) is 24.3 Å². The summed E-state index contributed by atoms with van der Waals surface area (Å²) in [5, 5.41) is 7.78. The number of benzene rings is 1. The summed E-state index contributed by atoms with van der Waals surface area (Å²) < 4.78 is 5.52. The number of aromatic amines is 1. The van der Waals surface area contributed by atoms with Crippen molar-refractivity contribution in [2.24, 2.45) is 0 Å². The van der Waals surface area contributed by atoms with E-state index < -0.39 is 5.60 Å². The number of anilines is 1. The molecule has 0 spiro atoms. The molecular formula is C26H31N5O2. The third kappa shape index (κ3) is 4.72. The van der Waals surface area contributed by atoms with Crippen LogP contribution in [0.4, 0.5) is 10.6 Å². The van der Waals surface area contributed by atoms with Gasteiger partial charge in [-0.15, -0.1) is 0 Å². The first-order valence-electron chi connectivity index (χ1n) is 11.7. The highest BCUT2D eigenvalue weighted by Crippen LogP contribution is 2.31. The molecule has 0 bridgehead atoms. The fourth-order valence-corrected chi connectivity index (χ4v) is 4.64. The standard InChI is InChI=1S/C26H31N5O2/c1-26(2,3)33-25(32)31-13-10-21(17-31)23-15-22(28-29-23)19-8-11-27-24(14-19)30-12-9-18-6-4-5-7-20(18)16-30/h4-8,11,14-15,21H,9-10,12-13,16-17H2,1-3H3,(H,28,29)/t21-/m1/s1. The normalized spacial score (nSPS) is 18.3. The fraction of sp³-hybridized carbons (Fsp3) is 0.423. The molecule has 0 unspecified atom stereocenters. The Morgan fingerprint density at radius 1 is 1.12 bits per heavy atom. The van der Waals surface area contributed by atoms with Crippen LogP contribution in [0.15, 0.2) is 48.7 Å². The topological polar surface area (TPSA) is 74.3 Å². The van der Waals surface area contributed by atoms with Crippen molar-refractivity contribution in [2.45, 2.75) is 51.7 Å². The quantitative estimate of drug-likeness (QED) is 0.629. The zero-order valence-electron chi connectivity index (χ0n) is 19.5. The van der Waals surface area contributed by atoms with Gasteiger partial charge in [0.1, 0.15) is 11.4 Å². The number of carbonyl (C=O) groups is 1. The molecule has 0 saturated carbocycles. The molecule has 0 aliphatic carbocycles. The van der Waals surface area contributed by atoms with E-state index in [0.717, 1.165) is 48.7 Å². The van der Waals surface area contributed by atoms with Crippen LogP contribution in [0, 0.1) is 0 Å². The Morgan fingerprint density at radius 2 is 1.94 bits per heavy atom. The van der Waals surface area contributed by atoms with Crippen LogP contribution >= 0.6 is 0 Å². The van der Waals surface area contributed by atoms with Gasteiger partial charge in [0, 0.05) is 49.6 Å². The summed E-state index contributed by atoms with van der Waals surface area (Å²) in [5.74, 6) is 1.21. The number of nitrogens with one attached hydrogen (secondary N) is 1. The number of fused-ring (bicyclic) bond motifs is 1. The molecule has 0 radical (unpaired) electrons. The number of H-pyrrole nitrogens is 1. The van der Waals surface area contributed by atoms with Crippen LogP contribution in [0.3, 0.4) is 0 Å². The molecule has 33 heavy (non-hydrogen) atoms. The minimum absolute atomic E-state index is 0.235. The molecule has 3 aromatic rings. The summed E-state index contributed by atoms with van der Waals surface area (Å²) in [6.45, 7) is 8.86. The average molecular weight is 446 g/mol. The number of pyridine rings is 1. The molecule has 1 aromatic carbocycles. The average Bonchev–Trinajstić information content (AvgIpc) is 3.48. The third-order valence-corrected chi connectivity index (χ3v) is 6.37. The molecule has 2 aliphatic rings. The van der Waals surface area contributed by atoms with Gasteiger partial charge in [0.05, 0.1) is 5.69 Å². The Labute approximate surface area is 194 Å². The number of rotatable bonds is 3. The van der Waals surface area contributed by atoms with Gasteiger partial charge in [-0.3, -0.25) is 5.10 Å². The lowest BCUT2D eigenvalue weighted by Gasteiger charge is -2.29. The van der Waals surface area contributed by atoms with Gasteiger partial charge in [-0.05, 0) is 62.9 Å². The lowest BCUT2D eigenvalue weighted by Crippen LogP contribution is -2.35. The molecule has 172 valence electrons. The second kappa shape index (κ2) is 8.54. The third-order valence-electron chi connectivity index (χ3n) is 6.37. The number of aromatic nitrogens is 3. The highest BCUT2D eigenvalue weighted by Gasteiger charge is 2.31. The highest BCUT2D eigenvalue weighted by molar-refractivity contribution is 5.69. The molecule has 1 fully saturated rings. The second-order valence-corrected chi connectivity index (χ2v) is 9.96. The predicted octanol–water partition coefficient (Wildman–Crippen LogP) is 4.76.